The molecule has 0 aromatic heterocycles. The number of hydrogen-bond acceptors (Lipinski definition) is 1. The van der Waals surface area contributed by atoms with E-state index in [2.05, 4.69) is 11.6 Å². The molecule has 8 heteroatoms. The molecule has 0 saturated carbocycles. The number of aliphatic hydroxyl groups is 1. The van der Waals surface area contributed by atoms with Crippen LogP contribution in [0.2, 0.25) is 0 Å². The van der Waals surface area contributed by atoms with Crippen LogP contribution in [0.1, 0.15) is 17.2 Å². The fourth-order valence-electron chi connectivity index (χ4n) is 1.12. The van der Waals surface area contributed by atoms with Gasteiger partial charge in [-0.1, -0.05) is 6.07 Å². The number of aliphatic hydroxyl groups excluding tert-OH is 1. The molecule has 17 heavy (non-hydrogen) atoms. The molecule has 0 radical (unpaired) electrons. The molecule has 0 aliphatic heterocycles. The van der Waals surface area contributed by atoms with E-state index in [9.17, 15) is 26.3 Å². The Morgan fingerprint density at radius 2 is 1.65 bits per heavy atom. The maximum absolute atomic E-state index is 13.0. The Bertz CT molecular complexity index is 411. The lowest BCUT2D eigenvalue weighted by atomic mass is 10.1. The highest BCUT2D eigenvalue weighted by Crippen LogP contribution is 2.37. The van der Waals surface area contributed by atoms with Gasteiger partial charge in [0.2, 0.25) is 0 Å². The number of benzene rings is 1. The van der Waals surface area contributed by atoms with Gasteiger partial charge < -0.3 is 5.11 Å². The van der Waals surface area contributed by atoms with Crippen molar-refractivity contribution in [2.24, 2.45) is 0 Å². The Morgan fingerprint density at radius 1 is 1.12 bits per heavy atom. The van der Waals surface area contributed by atoms with E-state index in [0.717, 1.165) is 0 Å². The Morgan fingerprint density at radius 3 is 2.00 bits per heavy atom. The second-order valence-electron chi connectivity index (χ2n) is 3.18. The Balaban J connectivity index is 3.14. The smallest absolute Gasteiger partial charge is 0.381 e. The van der Waals surface area contributed by atoms with E-state index in [0.29, 0.717) is 6.07 Å². The third-order valence-electron chi connectivity index (χ3n) is 1.92. The summed E-state index contributed by atoms with van der Waals surface area (Å²) in [6.07, 6.45) is -7.52. The molecule has 1 rings (SSSR count). The highest BCUT2D eigenvalue weighted by molar-refractivity contribution is 6.22. The summed E-state index contributed by atoms with van der Waals surface area (Å²) < 4.78 is 74.3. The van der Waals surface area contributed by atoms with Crippen molar-refractivity contribution in [3.8, 4) is 0 Å². The molecule has 0 bridgehead atoms. The summed E-state index contributed by atoms with van der Waals surface area (Å²) in [5.74, 6) is -1.75. The van der Waals surface area contributed by atoms with Crippen molar-refractivity contribution in [3.63, 3.8) is 0 Å². The summed E-state index contributed by atoms with van der Waals surface area (Å²) in [5.41, 5.74) is -2.35. The number of hydrogen-bond donors (Lipinski definition) is 1. The van der Waals surface area contributed by atoms with E-state index in [-0.39, 0.29) is 12.1 Å². The quantitative estimate of drug-likeness (QED) is 0.646. The van der Waals surface area contributed by atoms with Crippen LogP contribution in [0.15, 0.2) is 18.2 Å². The van der Waals surface area contributed by atoms with E-state index in [1.54, 1.807) is 0 Å². The van der Waals surface area contributed by atoms with E-state index in [1.807, 2.05) is 0 Å². The van der Waals surface area contributed by atoms with Gasteiger partial charge in [0.05, 0.1) is 5.56 Å². The van der Waals surface area contributed by atoms with Crippen molar-refractivity contribution >= 4 is 11.6 Å². The van der Waals surface area contributed by atoms with Crippen molar-refractivity contribution in [2.75, 3.05) is 0 Å². The maximum atomic E-state index is 13.0. The summed E-state index contributed by atoms with van der Waals surface area (Å²) in [6.45, 7) is 0. The summed E-state index contributed by atoms with van der Waals surface area (Å²) in [5, 5.41) is 4.85. The van der Waals surface area contributed by atoms with Crippen LogP contribution in [0.25, 0.3) is 0 Å². The zero-order valence-electron chi connectivity index (χ0n) is 7.90. The molecule has 0 aliphatic carbocycles. The summed E-state index contributed by atoms with van der Waals surface area (Å²) in [4.78, 5) is 0. The Hall–Kier alpha value is -0.950. The van der Waals surface area contributed by atoms with Crippen molar-refractivity contribution in [1.82, 2.24) is 0 Å². The standard InChI is InChI=1S/C9H5ClF6O/c10-8(12,13)7(17)4-1-2-5(6(11)3-4)9(14,15)16/h1-3,7,17H. The maximum Gasteiger partial charge on any atom is 0.419 e. The molecule has 0 amide bonds. The monoisotopic (exact) mass is 278 g/mol. The van der Waals surface area contributed by atoms with Crippen molar-refractivity contribution in [2.45, 2.75) is 17.7 Å². The van der Waals surface area contributed by atoms with Crippen LogP contribution in [0.4, 0.5) is 26.3 Å². The molecule has 1 nitrogen and oxygen atoms in total. The fraction of sp³-hybridized carbons (Fsp3) is 0.333. The lowest BCUT2D eigenvalue weighted by Crippen LogP contribution is -2.19. The van der Waals surface area contributed by atoms with Crippen molar-refractivity contribution in [3.05, 3.63) is 35.1 Å². The zero-order valence-corrected chi connectivity index (χ0v) is 8.66. The van der Waals surface area contributed by atoms with Gasteiger partial charge in [-0.3, -0.25) is 0 Å². The van der Waals surface area contributed by atoms with Crippen LogP contribution in [-0.4, -0.2) is 10.5 Å². The third kappa shape index (κ3) is 3.26. The molecule has 1 unspecified atom stereocenters. The molecule has 1 aromatic rings. The Kier molecular flexibility index (Phi) is 3.63. The predicted octanol–water partition coefficient (Wildman–Crippen LogP) is 3.71. The third-order valence-corrected chi connectivity index (χ3v) is 2.13. The van der Waals surface area contributed by atoms with Gasteiger partial charge in [0, 0.05) is 0 Å². The lowest BCUT2D eigenvalue weighted by molar-refractivity contribution is -0.140. The molecule has 0 spiro atoms. The molecule has 96 valence electrons. The molecule has 0 aliphatic rings. The number of rotatable bonds is 2. The highest BCUT2D eigenvalue weighted by Gasteiger charge is 2.39. The van der Waals surface area contributed by atoms with Gasteiger partial charge in [0.1, 0.15) is 5.82 Å². The van der Waals surface area contributed by atoms with E-state index in [4.69, 9.17) is 5.11 Å². The number of halogens is 7. The van der Waals surface area contributed by atoms with E-state index < -0.39 is 34.6 Å². The van der Waals surface area contributed by atoms with E-state index >= 15 is 0 Å². The fourth-order valence-corrected chi connectivity index (χ4v) is 1.25. The van der Waals surface area contributed by atoms with Gasteiger partial charge >= 0.3 is 11.6 Å². The van der Waals surface area contributed by atoms with Crippen LogP contribution >= 0.6 is 11.6 Å². The molecular formula is C9H5ClF6O. The second kappa shape index (κ2) is 4.38. The summed E-state index contributed by atoms with van der Waals surface area (Å²) >= 11 is 4.47. The first-order valence-electron chi connectivity index (χ1n) is 4.15. The van der Waals surface area contributed by atoms with Gasteiger partial charge in [-0.15, -0.1) is 0 Å². The largest absolute Gasteiger partial charge is 0.419 e. The molecule has 0 fully saturated rings. The SMILES string of the molecule is OC(c1ccc(C(F)(F)F)c(F)c1)C(F)(F)Cl. The molecular weight excluding hydrogens is 274 g/mol. The molecule has 0 heterocycles. The first-order chi connectivity index (χ1) is 7.53. The van der Waals surface area contributed by atoms with Crippen LogP contribution < -0.4 is 0 Å². The minimum atomic E-state index is -4.93. The predicted molar refractivity (Wildman–Crippen MR) is 47.2 cm³/mol. The first-order valence-corrected chi connectivity index (χ1v) is 4.52. The topological polar surface area (TPSA) is 20.2 Å². The Labute approximate surface area is 96.6 Å². The highest BCUT2D eigenvalue weighted by atomic mass is 35.5. The van der Waals surface area contributed by atoms with E-state index in [1.165, 1.54) is 0 Å². The van der Waals surface area contributed by atoms with Gasteiger partial charge in [0.25, 0.3) is 0 Å². The van der Waals surface area contributed by atoms with Gasteiger partial charge in [0.15, 0.2) is 6.10 Å². The molecule has 1 aromatic carbocycles. The number of alkyl halides is 6. The van der Waals surface area contributed by atoms with Crippen LogP contribution in [0.3, 0.4) is 0 Å². The minimum Gasteiger partial charge on any atom is -0.381 e. The van der Waals surface area contributed by atoms with Crippen LogP contribution in [0, 0.1) is 5.82 Å². The average Bonchev–Trinajstić information content (AvgIpc) is 2.12. The van der Waals surface area contributed by atoms with Crippen molar-refractivity contribution < 1.29 is 31.4 Å². The second-order valence-corrected chi connectivity index (χ2v) is 3.69. The molecule has 1 N–H and O–H groups in total. The zero-order chi connectivity index (χ0) is 13.4. The summed E-state index contributed by atoms with van der Waals surface area (Å²) in [7, 11) is 0. The molecule has 1 atom stereocenters. The van der Waals surface area contributed by atoms with Gasteiger partial charge in [-0.25, -0.2) is 4.39 Å². The van der Waals surface area contributed by atoms with Crippen LogP contribution in [0.5, 0.6) is 0 Å². The van der Waals surface area contributed by atoms with Crippen molar-refractivity contribution in [1.29, 1.82) is 0 Å². The van der Waals surface area contributed by atoms with Gasteiger partial charge in [-0.2, -0.15) is 22.0 Å². The van der Waals surface area contributed by atoms with Crippen LogP contribution in [-0.2, 0) is 6.18 Å². The summed E-state index contributed by atoms with van der Waals surface area (Å²) in [6, 6.07) is 0.965. The lowest BCUT2D eigenvalue weighted by Gasteiger charge is -2.17. The molecule has 0 saturated heterocycles. The normalized spacial score (nSPS) is 14.8. The van der Waals surface area contributed by atoms with Gasteiger partial charge in [-0.05, 0) is 29.3 Å². The first kappa shape index (κ1) is 14.1. The minimum absolute atomic E-state index is 0.170. The average molecular weight is 279 g/mol.